The zero-order valence-corrected chi connectivity index (χ0v) is 19.5. The van der Waals surface area contributed by atoms with Crippen molar-refractivity contribution in [2.45, 2.75) is 57.7 Å². The summed E-state index contributed by atoms with van der Waals surface area (Å²) >= 11 is 0. The van der Waals surface area contributed by atoms with E-state index in [0.717, 1.165) is 25.7 Å². The van der Waals surface area contributed by atoms with Crippen LogP contribution in [0, 0.1) is 5.92 Å². The molecule has 0 spiro atoms. The third-order valence-corrected chi connectivity index (χ3v) is 6.72. The maximum absolute atomic E-state index is 13.7. The van der Waals surface area contributed by atoms with E-state index in [-0.39, 0.29) is 29.9 Å². The Labute approximate surface area is 193 Å². The average molecular weight is 455 g/mol. The Morgan fingerprint density at radius 3 is 2.39 bits per heavy atom. The number of methoxy groups -OCH3 is 2. The Morgan fingerprint density at radius 2 is 1.79 bits per heavy atom. The maximum Gasteiger partial charge on any atom is 0.358 e. The molecule has 1 unspecified atom stereocenters. The smallest absolute Gasteiger partial charge is 0.358 e. The highest BCUT2D eigenvalue weighted by molar-refractivity contribution is 6.12. The molecule has 1 aromatic heterocycles. The number of carbonyl (C=O) groups excluding carboxylic acids is 3. The van der Waals surface area contributed by atoms with Crippen LogP contribution in [0.4, 0.5) is 5.69 Å². The molecule has 0 bridgehead atoms. The summed E-state index contributed by atoms with van der Waals surface area (Å²) in [6, 6.07) is 8.47. The van der Waals surface area contributed by atoms with Crippen LogP contribution in [0.2, 0.25) is 0 Å². The minimum Gasteiger partial charge on any atom is -0.497 e. The highest BCUT2D eigenvalue weighted by Crippen LogP contribution is 2.34. The number of ether oxygens (including phenoxy) is 2. The van der Waals surface area contributed by atoms with E-state index in [1.165, 1.54) is 22.8 Å². The Morgan fingerprint density at radius 1 is 1.12 bits per heavy atom. The molecule has 33 heavy (non-hydrogen) atoms. The van der Waals surface area contributed by atoms with Gasteiger partial charge in [0.25, 0.3) is 5.91 Å². The summed E-state index contributed by atoms with van der Waals surface area (Å²) in [6.07, 6.45) is 3.96. The highest BCUT2D eigenvalue weighted by atomic mass is 16.5. The van der Waals surface area contributed by atoms with Crippen LogP contribution in [-0.4, -0.2) is 53.4 Å². The van der Waals surface area contributed by atoms with Crippen LogP contribution in [0.1, 0.15) is 60.5 Å². The van der Waals surface area contributed by atoms with E-state index in [2.05, 4.69) is 17.3 Å². The Balaban J connectivity index is 1.72. The lowest BCUT2D eigenvalue weighted by molar-refractivity contribution is -0.127. The van der Waals surface area contributed by atoms with Gasteiger partial charge < -0.3 is 14.8 Å². The van der Waals surface area contributed by atoms with Gasteiger partial charge in [-0.25, -0.2) is 4.79 Å². The lowest BCUT2D eigenvalue weighted by Crippen LogP contribution is -2.65. The molecular weight excluding hydrogens is 424 g/mol. The van der Waals surface area contributed by atoms with Crippen molar-refractivity contribution in [1.29, 1.82) is 0 Å². The van der Waals surface area contributed by atoms with Crippen molar-refractivity contribution in [2.24, 2.45) is 5.92 Å². The van der Waals surface area contributed by atoms with Gasteiger partial charge in [-0.15, -0.1) is 0 Å². The lowest BCUT2D eigenvalue weighted by atomic mass is 9.86. The van der Waals surface area contributed by atoms with Gasteiger partial charge in [0.1, 0.15) is 17.0 Å². The molecule has 1 saturated carbocycles. The van der Waals surface area contributed by atoms with E-state index in [4.69, 9.17) is 9.47 Å². The Bertz CT molecular complexity index is 1060. The predicted octanol–water partition coefficient (Wildman–Crippen LogP) is 2.79. The van der Waals surface area contributed by atoms with Crippen molar-refractivity contribution >= 4 is 23.5 Å². The van der Waals surface area contributed by atoms with Crippen LogP contribution in [-0.2, 0) is 16.1 Å². The van der Waals surface area contributed by atoms with Crippen molar-refractivity contribution in [3.8, 4) is 5.75 Å². The summed E-state index contributed by atoms with van der Waals surface area (Å²) in [5.41, 5.74) is -0.437. The molecule has 9 nitrogen and oxygen atoms in total. The fourth-order valence-corrected chi connectivity index (χ4v) is 4.67. The molecule has 1 fully saturated rings. The van der Waals surface area contributed by atoms with E-state index in [9.17, 15) is 14.4 Å². The fraction of sp³-hybridized carbons (Fsp3) is 0.500. The number of nitrogens with one attached hydrogen (secondary N) is 1. The first-order chi connectivity index (χ1) is 15.8. The molecule has 0 saturated heterocycles. The number of hydrogen-bond acceptors (Lipinski definition) is 6. The number of hydrogen-bond donors (Lipinski definition) is 1. The largest absolute Gasteiger partial charge is 0.497 e. The van der Waals surface area contributed by atoms with E-state index in [0.29, 0.717) is 17.4 Å². The van der Waals surface area contributed by atoms with Crippen LogP contribution in [0.25, 0.3) is 0 Å². The lowest BCUT2D eigenvalue weighted by Gasteiger charge is -2.44. The molecule has 1 N–H and O–H groups in total. The summed E-state index contributed by atoms with van der Waals surface area (Å²) in [5.74, 6) is 0.00651. The third-order valence-electron chi connectivity index (χ3n) is 6.72. The van der Waals surface area contributed by atoms with Gasteiger partial charge in [-0.3, -0.25) is 19.2 Å². The van der Waals surface area contributed by atoms with Crippen molar-refractivity contribution in [3.63, 3.8) is 0 Å². The number of amides is 2. The van der Waals surface area contributed by atoms with Crippen LogP contribution in [0.15, 0.2) is 30.3 Å². The van der Waals surface area contributed by atoms with Gasteiger partial charge in [-0.1, -0.05) is 6.92 Å². The van der Waals surface area contributed by atoms with E-state index in [1.54, 1.807) is 38.3 Å². The first-order valence-electron chi connectivity index (χ1n) is 11.2. The van der Waals surface area contributed by atoms with Gasteiger partial charge in [0.2, 0.25) is 5.91 Å². The zero-order chi connectivity index (χ0) is 23.8. The molecule has 1 aromatic carbocycles. The Hall–Kier alpha value is -3.36. The first-order valence-corrected chi connectivity index (χ1v) is 11.2. The topological polar surface area (TPSA) is 103 Å². The number of anilines is 1. The van der Waals surface area contributed by atoms with Crippen LogP contribution >= 0.6 is 0 Å². The predicted molar refractivity (Wildman–Crippen MR) is 121 cm³/mol. The standard InChI is InChI=1S/C24H30N4O5/c1-15-5-7-16(8-6-15)25-23(31)24(2)14-27-20(13-19(26-27)22(30)33-4)21(29)28(24)17-9-11-18(32-3)12-10-17/h9-13,15-16H,5-8,14H2,1-4H3,(H,25,31). The molecule has 1 aliphatic heterocycles. The van der Waals surface area contributed by atoms with Crippen LogP contribution < -0.4 is 15.0 Å². The number of fused-ring (bicyclic) bond motifs is 1. The summed E-state index contributed by atoms with van der Waals surface area (Å²) < 4.78 is 11.4. The van der Waals surface area contributed by atoms with Gasteiger partial charge in [0, 0.05) is 17.8 Å². The van der Waals surface area contributed by atoms with Gasteiger partial charge in [0.05, 0.1) is 20.8 Å². The summed E-state index contributed by atoms with van der Waals surface area (Å²) in [7, 11) is 2.82. The number of esters is 1. The number of rotatable bonds is 5. The van der Waals surface area contributed by atoms with Crippen molar-refractivity contribution in [1.82, 2.24) is 15.1 Å². The van der Waals surface area contributed by atoms with Crippen LogP contribution in [0.3, 0.4) is 0 Å². The van der Waals surface area contributed by atoms with Gasteiger partial charge in [-0.2, -0.15) is 5.10 Å². The SMILES string of the molecule is COC(=O)c1cc2n(n1)CC(C)(C(=O)NC1CCC(C)CC1)N(c1ccc(OC)cc1)C2=O. The number of benzene rings is 1. The van der Waals surface area contributed by atoms with Gasteiger partial charge in [0.15, 0.2) is 5.69 Å². The van der Waals surface area contributed by atoms with Crippen molar-refractivity contribution in [3.05, 3.63) is 41.7 Å². The maximum atomic E-state index is 13.7. The fourth-order valence-electron chi connectivity index (χ4n) is 4.67. The second kappa shape index (κ2) is 8.88. The molecule has 9 heteroatoms. The van der Waals surface area contributed by atoms with Crippen LogP contribution in [0.5, 0.6) is 5.75 Å². The van der Waals surface area contributed by atoms with Crippen molar-refractivity contribution < 1.29 is 23.9 Å². The number of aromatic nitrogens is 2. The minimum atomic E-state index is -1.25. The molecular formula is C24H30N4O5. The van der Waals surface area contributed by atoms with E-state index >= 15 is 0 Å². The molecule has 176 valence electrons. The minimum absolute atomic E-state index is 0.0291. The number of carbonyl (C=O) groups is 3. The number of nitrogens with zero attached hydrogens (tertiary/aromatic N) is 3. The van der Waals surface area contributed by atoms with Gasteiger partial charge >= 0.3 is 5.97 Å². The Kier molecular flexibility index (Phi) is 6.14. The van der Waals surface area contributed by atoms with Crippen molar-refractivity contribution in [2.75, 3.05) is 19.1 Å². The molecule has 2 aromatic rings. The third kappa shape index (κ3) is 4.19. The molecule has 1 atom stereocenters. The average Bonchev–Trinajstić information content (AvgIpc) is 3.24. The highest BCUT2D eigenvalue weighted by Gasteiger charge is 2.49. The molecule has 0 radical (unpaired) electrons. The molecule has 2 amide bonds. The van der Waals surface area contributed by atoms with Gasteiger partial charge in [-0.05, 0) is 62.8 Å². The summed E-state index contributed by atoms with van der Waals surface area (Å²) in [6.45, 7) is 4.06. The molecule has 2 aliphatic rings. The molecule has 2 heterocycles. The second-order valence-corrected chi connectivity index (χ2v) is 9.11. The van der Waals surface area contributed by atoms with E-state index < -0.39 is 17.4 Å². The first kappa shape index (κ1) is 22.8. The monoisotopic (exact) mass is 454 g/mol. The second-order valence-electron chi connectivity index (χ2n) is 9.11. The summed E-state index contributed by atoms with van der Waals surface area (Å²) in [4.78, 5) is 40.8. The van der Waals surface area contributed by atoms with E-state index in [1.807, 2.05) is 0 Å². The summed E-state index contributed by atoms with van der Waals surface area (Å²) in [5, 5.41) is 7.43. The zero-order valence-electron chi connectivity index (χ0n) is 19.5. The molecule has 4 rings (SSSR count). The quantitative estimate of drug-likeness (QED) is 0.697. The normalized spacial score (nSPS) is 24.7. The molecule has 1 aliphatic carbocycles.